The number of amides is 3. The molecule has 3 saturated heterocycles. The third kappa shape index (κ3) is 2.80. The van der Waals surface area contributed by atoms with E-state index in [-0.39, 0.29) is 11.3 Å². The summed E-state index contributed by atoms with van der Waals surface area (Å²) in [6, 6.07) is 14.4. The monoisotopic (exact) mass is 494 g/mol. The zero-order chi connectivity index (χ0) is 25.8. The van der Waals surface area contributed by atoms with Gasteiger partial charge in [0.05, 0.1) is 27.0 Å². The van der Waals surface area contributed by atoms with Gasteiger partial charge in [0.2, 0.25) is 11.8 Å². The minimum absolute atomic E-state index is 0.273. The number of esters is 2. The van der Waals surface area contributed by atoms with Crippen molar-refractivity contribution in [2.75, 3.05) is 32.8 Å². The summed E-state index contributed by atoms with van der Waals surface area (Å²) in [6.45, 7) is -0.629. The van der Waals surface area contributed by atoms with E-state index in [0.29, 0.717) is 5.75 Å². The second-order valence-corrected chi connectivity index (χ2v) is 8.52. The Labute approximate surface area is 205 Å². The summed E-state index contributed by atoms with van der Waals surface area (Å²) < 4.78 is 21.1. The van der Waals surface area contributed by atoms with Crippen molar-refractivity contribution in [3.63, 3.8) is 0 Å². The van der Waals surface area contributed by atoms with E-state index in [9.17, 15) is 24.0 Å². The number of benzene rings is 2. The molecule has 36 heavy (non-hydrogen) atoms. The van der Waals surface area contributed by atoms with E-state index in [4.69, 9.17) is 18.9 Å². The van der Waals surface area contributed by atoms with Crippen molar-refractivity contribution in [1.29, 1.82) is 0 Å². The molecule has 3 aliphatic rings. The number of rotatable bonds is 6. The first-order valence-electron chi connectivity index (χ1n) is 11.0. The minimum atomic E-state index is -2.47. The Hall–Kier alpha value is -4.25. The highest BCUT2D eigenvalue weighted by molar-refractivity contribution is 6.28. The zero-order valence-corrected chi connectivity index (χ0v) is 19.6. The van der Waals surface area contributed by atoms with Crippen molar-refractivity contribution in [3.05, 3.63) is 60.2 Å². The molecule has 3 aliphatic heterocycles. The highest BCUT2D eigenvalue weighted by atomic mass is 16.6. The van der Waals surface area contributed by atoms with Gasteiger partial charge >= 0.3 is 11.9 Å². The summed E-state index contributed by atoms with van der Waals surface area (Å²) in [4.78, 5) is 69.1. The smallest absolute Gasteiger partial charge is 0.349 e. The first kappa shape index (κ1) is 23.5. The van der Waals surface area contributed by atoms with Crippen LogP contribution in [0.25, 0.3) is 0 Å². The predicted octanol–water partition coefficient (Wildman–Crippen LogP) is 0.611. The summed E-state index contributed by atoms with van der Waals surface area (Å²) in [5.41, 5.74) is -3.89. The van der Waals surface area contributed by atoms with Crippen molar-refractivity contribution in [2.24, 2.45) is 11.8 Å². The van der Waals surface area contributed by atoms with Crippen LogP contribution in [0.4, 0.5) is 5.69 Å². The largest absolute Gasteiger partial charge is 0.497 e. The average Bonchev–Trinajstić information content (AvgIpc) is 3.47. The molecule has 2 aromatic rings. The number of para-hydroxylation sites is 1. The number of likely N-dealkylation sites (tertiary alicyclic amines) is 1. The van der Waals surface area contributed by atoms with Crippen LogP contribution in [-0.2, 0) is 43.9 Å². The van der Waals surface area contributed by atoms with Crippen LogP contribution in [0, 0.1) is 11.8 Å². The molecule has 2 bridgehead atoms. The Balaban J connectivity index is 1.77. The molecule has 11 heteroatoms. The molecule has 4 atom stereocenters. The number of fused-ring (bicyclic) bond motifs is 5. The number of carbonyl (C=O) groups excluding carboxylic acids is 5. The summed E-state index contributed by atoms with van der Waals surface area (Å²) >= 11 is 0. The molecule has 0 aliphatic carbocycles. The number of methoxy groups -OCH3 is 3. The highest BCUT2D eigenvalue weighted by Crippen LogP contribution is 2.64. The number of ether oxygens (including phenoxy) is 4. The molecule has 186 valence electrons. The van der Waals surface area contributed by atoms with Crippen LogP contribution in [0.3, 0.4) is 0 Å². The summed E-state index contributed by atoms with van der Waals surface area (Å²) in [7, 11) is 3.66. The van der Waals surface area contributed by atoms with Gasteiger partial charge in [-0.1, -0.05) is 30.3 Å². The van der Waals surface area contributed by atoms with Gasteiger partial charge in [0.25, 0.3) is 11.5 Å². The molecule has 0 aromatic heterocycles. The molecule has 0 unspecified atom stereocenters. The molecule has 0 saturated carbocycles. The normalized spacial score (nSPS) is 28.4. The van der Waals surface area contributed by atoms with Gasteiger partial charge in [0.15, 0.2) is 5.72 Å². The van der Waals surface area contributed by atoms with Gasteiger partial charge in [-0.15, -0.1) is 0 Å². The van der Waals surface area contributed by atoms with Crippen molar-refractivity contribution in [1.82, 2.24) is 4.90 Å². The highest BCUT2D eigenvalue weighted by Gasteiger charge is 2.86. The number of carbonyl (C=O) groups is 5. The number of hydrogen-bond donors (Lipinski definition) is 0. The molecule has 0 spiro atoms. The number of nitrogens with zero attached hydrogens (tertiary/aromatic N) is 2. The van der Waals surface area contributed by atoms with E-state index in [0.717, 1.165) is 24.0 Å². The fourth-order valence-electron chi connectivity index (χ4n) is 5.44. The topological polar surface area (TPSA) is 129 Å². The molecule has 0 N–H and O–H groups in total. The Morgan fingerprint density at radius 3 is 2.11 bits per heavy atom. The molecule has 2 aromatic carbocycles. The van der Waals surface area contributed by atoms with Crippen LogP contribution in [-0.4, -0.2) is 68.0 Å². The molecule has 0 radical (unpaired) electrons. The maximum atomic E-state index is 13.9. The van der Waals surface area contributed by atoms with E-state index in [1.165, 1.54) is 7.11 Å². The molecule has 3 heterocycles. The van der Waals surface area contributed by atoms with Crippen molar-refractivity contribution in [2.45, 2.75) is 11.3 Å². The van der Waals surface area contributed by atoms with Crippen LogP contribution >= 0.6 is 0 Å². The van der Waals surface area contributed by atoms with E-state index < -0.39 is 59.4 Å². The fraction of sp³-hybridized carbons (Fsp3) is 0.320. The second-order valence-electron chi connectivity index (χ2n) is 8.52. The molecule has 5 rings (SSSR count). The summed E-state index contributed by atoms with van der Waals surface area (Å²) in [5.74, 6) is -6.74. The lowest BCUT2D eigenvalue weighted by Crippen LogP contribution is -2.62. The van der Waals surface area contributed by atoms with Gasteiger partial charge < -0.3 is 18.9 Å². The molecular weight excluding hydrogens is 472 g/mol. The number of imide groups is 1. The Bertz CT molecular complexity index is 1280. The van der Waals surface area contributed by atoms with Crippen LogP contribution in [0.15, 0.2) is 54.6 Å². The number of piperidine rings is 1. The van der Waals surface area contributed by atoms with Crippen LogP contribution in [0.1, 0.15) is 5.56 Å². The first-order valence-corrected chi connectivity index (χ1v) is 11.0. The lowest BCUT2D eigenvalue weighted by Gasteiger charge is -2.40. The number of anilines is 1. The van der Waals surface area contributed by atoms with Gasteiger partial charge in [0, 0.05) is 5.56 Å². The van der Waals surface area contributed by atoms with E-state index >= 15 is 0 Å². The Kier molecular flexibility index (Phi) is 5.32. The Morgan fingerprint density at radius 2 is 1.53 bits per heavy atom. The van der Waals surface area contributed by atoms with E-state index in [1.807, 2.05) is 0 Å². The quantitative estimate of drug-likeness (QED) is 0.322. The predicted molar refractivity (Wildman–Crippen MR) is 120 cm³/mol. The lowest BCUT2D eigenvalue weighted by molar-refractivity contribution is -0.176. The lowest BCUT2D eigenvalue weighted by atomic mass is 9.72. The molecule has 3 amide bonds. The van der Waals surface area contributed by atoms with Gasteiger partial charge in [-0.25, -0.2) is 9.69 Å². The standard InChI is InChI=1S/C25H22N2O9/c1-33-16-11-9-14(10-12-16)25-19-18(20(29)27(21(19)30)15-7-5-4-6-8-15)24(36-25,23(32)35-3)22(31)26(25)13-17(28)34-2/h4-12,18-19H,13H2,1-3H3/t18-,19+,24+,25-/m1/s1. The van der Waals surface area contributed by atoms with Gasteiger partial charge in [-0.05, 0) is 24.3 Å². The Morgan fingerprint density at radius 1 is 0.889 bits per heavy atom. The van der Waals surface area contributed by atoms with Crippen molar-refractivity contribution < 1.29 is 42.9 Å². The molecule has 11 nitrogen and oxygen atoms in total. The maximum Gasteiger partial charge on any atom is 0.349 e. The summed E-state index contributed by atoms with van der Waals surface area (Å²) in [5, 5.41) is 0. The minimum Gasteiger partial charge on any atom is -0.497 e. The number of hydrogen-bond acceptors (Lipinski definition) is 9. The average molecular weight is 494 g/mol. The molecule has 3 fully saturated rings. The fourth-order valence-corrected chi connectivity index (χ4v) is 5.44. The van der Waals surface area contributed by atoms with Crippen LogP contribution in [0.5, 0.6) is 5.75 Å². The van der Waals surface area contributed by atoms with Crippen LogP contribution in [0.2, 0.25) is 0 Å². The maximum absolute atomic E-state index is 13.9. The van der Waals surface area contributed by atoms with E-state index in [1.54, 1.807) is 54.6 Å². The third-order valence-corrected chi connectivity index (χ3v) is 6.97. The van der Waals surface area contributed by atoms with Gasteiger partial charge in [-0.3, -0.25) is 24.1 Å². The SMILES string of the molecule is COC(=O)CN1C(=O)[C@@]2(C(=O)OC)O[C@]1(c1ccc(OC)cc1)[C@@H]1C(=O)N(c3ccccc3)C(=O)[C@@H]12. The van der Waals surface area contributed by atoms with Gasteiger partial charge in [-0.2, -0.15) is 0 Å². The van der Waals surface area contributed by atoms with Crippen LogP contribution < -0.4 is 9.64 Å². The summed E-state index contributed by atoms with van der Waals surface area (Å²) in [6.07, 6.45) is 0. The first-order chi connectivity index (χ1) is 17.3. The van der Waals surface area contributed by atoms with Crippen molar-refractivity contribution >= 4 is 35.3 Å². The second kappa shape index (κ2) is 8.16. The van der Waals surface area contributed by atoms with Crippen molar-refractivity contribution in [3.8, 4) is 5.75 Å². The zero-order valence-electron chi connectivity index (χ0n) is 19.6. The third-order valence-electron chi connectivity index (χ3n) is 6.97. The molecular formula is C25H22N2O9. The van der Waals surface area contributed by atoms with E-state index in [2.05, 4.69) is 0 Å². The van der Waals surface area contributed by atoms with Gasteiger partial charge in [0.1, 0.15) is 24.1 Å².